The SMILES string of the molecule is CN1CCN2c3ccc(N)cc3OCC2C1.CNc1cc(Cl)ncn1.CNc1cc(Nc2ccc3c(c2)OCC2CN(C)CCN32)ncn1.COc1cc(OC)c(Cl)c(NC(=O)N(C)c2cc(Nc3ccc4c(c3)OCC3CN(C)CCN43)ncn2)c1Cl.COc1cc(OC)c(Cl)c(OC#N)c1Cl. The number of anilines is 12. The van der Waals surface area contributed by atoms with Crippen LogP contribution in [0.25, 0.3) is 0 Å². The summed E-state index contributed by atoms with van der Waals surface area (Å²) in [6, 6.07) is 27.2. The number of fused-ring (bicyclic) bond motifs is 9. The molecule has 6 aliphatic rings. The van der Waals surface area contributed by atoms with Crippen molar-refractivity contribution in [3.8, 4) is 52.3 Å². The first kappa shape index (κ1) is 75.9. The number of rotatable bonds is 13. The molecule has 14 rings (SSSR count). The van der Waals surface area contributed by atoms with Crippen LogP contribution in [0.5, 0.6) is 46.0 Å². The van der Waals surface area contributed by atoms with Crippen molar-refractivity contribution >= 4 is 133 Å². The Morgan fingerprint density at radius 1 is 0.534 bits per heavy atom. The van der Waals surface area contributed by atoms with Crippen LogP contribution >= 0.6 is 58.0 Å². The van der Waals surface area contributed by atoms with Gasteiger partial charge in [-0.3, -0.25) is 4.90 Å². The zero-order chi connectivity index (χ0) is 73.4. The van der Waals surface area contributed by atoms with Gasteiger partial charge in [0.25, 0.3) is 6.26 Å². The number of methoxy groups -OCH3 is 4. The number of amides is 2. The second-order valence-corrected chi connectivity index (χ2v) is 26.0. The number of nitrogens with zero attached hydrogens (tertiary/aromatic N) is 14. The molecule has 0 radical (unpaired) electrons. The summed E-state index contributed by atoms with van der Waals surface area (Å²) in [6.07, 6.45) is 5.81. The van der Waals surface area contributed by atoms with Crippen molar-refractivity contribution in [3.63, 3.8) is 0 Å². The minimum atomic E-state index is -0.525. The van der Waals surface area contributed by atoms with Crippen LogP contribution in [0.2, 0.25) is 25.2 Å². The van der Waals surface area contributed by atoms with E-state index in [1.807, 2.05) is 43.4 Å². The fourth-order valence-corrected chi connectivity index (χ4v) is 13.3. The van der Waals surface area contributed by atoms with Crippen LogP contribution in [0.4, 0.5) is 73.7 Å². The summed E-state index contributed by atoms with van der Waals surface area (Å²) in [6.45, 7) is 11.5. The normalized spacial score (nSPS) is 16.8. The van der Waals surface area contributed by atoms with E-state index in [4.69, 9.17) is 102 Å². The lowest BCUT2D eigenvalue weighted by Crippen LogP contribution is -2.56. The monoisotopic (exact) mass is 1510 g/mol. The van der Waals surface area contributed by atoms with Gasteiger partial charge in [0, 0.05) is 146 Å². The highest BCUT2D eigenvalue weighted by Gasteiger charge is 2.35. The molecule has 3 atom stereocenters. The molecule has 103 heavy (non-hydrogen) atoms. The van der Waals surface area contributed by atoms with Crippen LogP contribution in [-0.4, -0.2) is 218 Å². The maximum atomic E-state index is 13.1. The minimum Gasteiger partial charge on any atom is -0.495 e. The molecule has 0 bridgehead atoms. The fraction of sp³-hybridized carbons (Fsp3) is 0.362. The number of hydrogen-bond acceptors (Lipinski definition) is 27. The average molecular weight is 1510 g/mol. The second-order valence-electron chi connectivity index (χ2n) is 24.1. The van der Waals surface area contributed by atoms with Gasteiger partial charge in [-0.2, -0.15) is 0 Å². The minimum absolute atomic E-state index is 0.0250. The Hall–Kier alpha value is -9.77. The molecule has 0 spiro atoms. The highest BCUT2D eigenvalue weighted by atomic mass is 35.5. The Kier molecular flexibility index (Phi) is 26.1. The van der Waals surface area contributed by atoms with Gasteiger partial charge in [0.2, 0.25) is 0 Å². The van der Waals surface area contributed by atoms with Crippen molar-refractivity contribution in [3.05, 3.63) is 129 Å². The molecule has 6 aliphatic heterocycles. The van der Waals surface area contributed by atoms with E-state index in [1.54, 1.807) is 32.3 Å². The molecule has 3 unspecified atom stereocenters. The van der Waals surface area contributed by atoms with E-state index >= 15 is 0 Å². The number of urea groups is 1. The highest BCUT2D eigenvalue weighted by Crippen LogP contribution is 2.47. The number of carbonyl (C=O) groups excluding carboxylic acids is 1. The van der Waals surface area contributed by atoms with Crippen LogP contribution in [-0.2, 0) is 0 Å². The summed E-state index contributed by atoms with van der Waals surface area (Å²) in [5.74, 6) is 7.10. The van der Waals surface area contributed by atoms with E-state index < -0.39 is 6.03 Å². The molecule has 3 saturated heterocycles. The molecule has 3 aromatic heterocycles. The van der Waals surface area contributed by atoms with Crippen LogP contribution in [0.3, 0.4) is 0 Å². The number of aromatic nitrogens is 6. The number of piperazine rings is 3. The lowest BCUT2D eigenvalue weighted by atomic mass is 10.1. The molecular formula is C69H81Cl5N20O9. The van der Waals surface area contributed by atoms with Gasteiger partial charge in [-0.05, 0) is 57.5 Å². The van der Waals surface area contributed by atoms with Crippen molar-refractivity contribution in [2.75, 3.05) is 201 Å². The number of ether oxygens (including phenoxy) is 8. The first-order valence-electron chi connectivity index (χ1n) is 32.5. The second kappa shape index (κ2) is 35.4. The fourth-order valence-electron chi connectivity index (χ4n) is 12.0. The number of carbonyl (C=O) groups is 1. The lowest BCUT2D eigenvalue weighted by molar-refractivity contribution is 0.188. The summed E-state index contributed by atoms with van der Waals surface area (Å²) in [5, 5.41) is 24.6. The Bertz CT molecular complexity index is 4250. The Labute approximate surface area is 622 Å². The third-order valence-corrected chi connectivity index (χ3v) is 19.0. The zero-order valence-electron chi connectivity index (χ0n) is 58.4. The number of nitriles is 1. The molecule has 0 aliphatic carbocycles. The van der Waals surface area contributed by atoms with Crippen molar-refractivity contribution in [1.29, 1.82) is 5.26 Å². The first-order valence-corrected chi connectivity index (χ1v) is 34.4. The molecule has 7 N–H and O–H groups in total. The molecule has 8 aromatic rings. The average Bonchev–Trinajstić information content (AvgIpc) is 0.792. The van der Waals surface area contributed by atoms with Crippen molar-refractivity contribution in [1.82, 2.24) is 44.6 Å². The number of hydrogen-bond donors (Lipinski definition) is 6. The van der Waals surface area contributed by atoms with Crippen LogP contribution in [0.15, 0.2) is 104 Å². The summed E-state index contributed by atoms with van der Waals surface area (Å²) in [7, 11) is 17.4. The number of nitrogen functional groups attached to an aromatic ring is 1. The van der Waals surface area contributed by atoms with Gasteiger partial charge >= 0.3 is 6.03 Å². The summed E-state index contributed by atoms with van der Waals surface area (Å²) in [5.41, 5.74) is 11.9. The van der Waals surface area contributed by atoms with Crippen molar-refractivity contribution in [2.45, 2.75) is 18.1 Å². The number of nitrogens with one attached hydrogen (secondary N) is 5. The summed E-state index contributed by atoms with van der Waals surface area (Å²) in [4.78, 5) is 53.2. The van der Waals surface area contributed by atoms with E-state index in [9.17, 15) is 4.79 Å². The third-order valence-electron chi connectivity index (χ3n) is 17.3. The first-order chi connectivity index (χ1) is 49.7. The maximum Gasteiger partial charge on any atom is 0.327 e. The highest BCUT2D eigenvalue weighted by molar-refractivity contribution is 6.42. The molecule has 0 saturated carbocycles. The number of likely N-dealkylation sites (N-methyl/N-ethyl adjacent to an activating group) is 3. The number of benzene rings is 5. The molecule has 29 nitrogen and oxygen atoms in total. The van der Waals surface area contributed by atoms with Gasteiger partial charge in [0.15, 0.2) is 5.75 Å². The van der Waals surface area contributed by atoms with Crippen molar-refractivity contribution in [2.24, 2.45) is 0 Å². The predicted octanol–water partition coefficient (Wildman–Crippen LogP) is 11.3. The molecule has 546 valence electrons. The summed E-state index contributed by atoms with van der Waals surface area (Å²) >= 11 is 30.1. The van der Waals surface area contributed by atoms with E-state index in [0.29, 0.717) is 64.5 Å². The molecule has 2 amide bonds. The Morgan fingerprint density at radius 2 is 0.942 bits per heavy atom. The van der Waals surface area contributed by atoms with E-state index in [-0.39, 0.29) is 31.5 Å². The largest absolute Gasteiger partial charge is 0.495 e. The van der Waals surface area contributed by atoms with E-state index in [2.05, 4.69) is 136 Å². The van der Waals surface area contributed by atoms with E-state index in [1.165, 1.54) is 76.0 Å². The molecule has 34 heteroatoms. The van der Waals surface area contributed by atoms with Crippen LogP contribution in [0, 0.1) is 11.5 Å². The Morgan fingerprint density at radius 3 is 1.38 bits per heavy atom. The van der Waals surface area contributed by atoms with Crippen molar-refractivity contribution < 1.29 is 42.7 Å². The van der Waals surface area contributed by atoms with Gasteiger partial charge in [-0.15, -0.1) is 5.26 Å². The van der Waals surface area contributed by atoms with Gasteiger partial charge in [-0.25, -0.2) is 34.7 Å². The quantitative estimate of drug-likeness (QED) is 0.0355. The zero-order valence-corrected chi connectivity index (χ0v) is 62.2. The number of halogens is 5. The van der Waals surface area contributed by atoms with Gasteiger partial charge < -0.3 is 99.6 Å². The smallest absolute Gasteiger partial charge is 0.327 e. The predicted molar refractivity (Wildman–Crippen MR) is 406 cm³/mol. The summed E-state index contributed by atoms with van der Waals surface area (Å²) < 4.78 is 43.0. The topological polar surface area (TPSA) is 301 Å². The molecular weight excluding hydrogens is 1430 g/mol. The molecule has 5 aromatic carbocycles. The Balaban J connectivity index is 0.000000151. The van der Waals surface area contributed by atoms with Gasteiger partial charge in [0.1, 0.15) is 133 Å². The van der Waals surface area contributed by atoms with Gasteiger partial charge in [-0.1, -0.05) is 58.0 Å². The van der Waals surface area contributed by atoms with Crippen LogP contribution < -0.4 is 89.8 Å². The van der Waals surface area contributed by atoms with E-state index in [0.717, 1.165) is 130 Å². The lowest BCUT2D eigenvalue weighted by Gasteiger charge is -2.44. The standard InChI is InChI=1S/C26H29Cl2N7O4.C17H22N6O.C12H17N3O.C9H7Cl2NO3.C5H6ClN3/c1-33-7-8-35-16(12-33)13-39-18-9-15(5-6-17(18)35)31-21-11-22(30-14-29-21)34(2)26(36)32-25-23(27)19(37-3)10-20(38-4)24(25)28;1-18-16-8-17(20-11-19-16)21-12-3-4-14-15(7-12)24-10-13-9-22(2)5-6-23(13)14;1-14-4-5-15-10(7-14)8-16-12-6-9(13)2-3-11(12)15;1-13-5-3-6(14-2)8(11)9(7(5)10)15-4-12;1-7-5-2-4(6)8-3-9-5/h5-6,9-11,14,16H,7-8,12-13H2,1-4H3,(H,32,36)(H,29,30,31);3-4,7-8,11,13H,5-6,9-10H2,1-2H3,(H2,18,19,20,21);2-3,6,10H,4-5,7-8,13H2,1H3;3H,1-2H3;2-3H,1H3,(H,7,8,9). The van der Waals surface area contributed by atoms with Crippen LogP contribution in [0.1, 0.15) is 0 Å². The third kappa shape index (κ3) is 18.7. The van der Waals surface area contributed by atoms with Gasteiger partial charge in [0.05, 0.1) is 69.3 Å². The molecule has 9 heterocycles. The number of nitrogens with two attached hydrogens (primary N) is 1. The molecule has 3 fully saturated rings. The maximum absolute atomic E-state index is 13.1.